The first kappa shape index (κ1) is 14.6. The molecule has 0 unspecified atom stereocenters. The SMILES string of the molecule is Cc1sc(NC2CC2)nc1-c1cc(C)n(Cc2ccco2)c1C. The lowest BCUT2D eigenvalue weighted by Crippen LogP contribution is -2.03. The molecule has 0 radical (unpaired) electrons. The fraction of sp³-hybridized carbons (Fsp3) is 0.389. The summed E-state index contributed by atoms with van der Waals surface area (Å²) in [7, 11) is 0. The van der Waals surface area contributed by atoms with Crippen molar-refractivity contribution < 1.29 is 4.42 Å². The van der Waals surface area contributed by atoms with E-state index in [4.69, 9.17) is 9.40 Å². The van der Waals surface area contributed by atoms with Gasteiger partial charge in [0.05, 0.1) is 18.5 Å². The lowest BCUT2D eigenvalue weighted by molar-refractivity contribution is 0.489. The second kappa shape index (κ2) is 5.57. The van der Waals surface area contributed by atoms with E-state index in [1.54, 1.807) is 17.6 Å². The molecule has 120 valence electrons. The maximum atomic E-state index is 5.50. The molecule has 0 aromatic carbocycles. The van der Waals surface area contributed by atoms with Gasteiger partial charge in [0.15, 0.2) is 5.13 Å². The molecule has 3 aromatic rings. The zero-order valence-corrected chi connectivity index (χ0v) is 14.5. The molecule has 1 aliphatic carbocycles. The van der Waals surface area contributed by atoms with Crippen molar-refractivity contribution in [2.24, 2.45) is 0 Å². The standard InChI is InChI=1S/C18H21N3OS/c1-11-9-16(12(2)21(11)10-15-5-4-8-22-15)17-13(3)23-18(20-17)19-14-6-7-14/h4-5,8-9,14H,6-7,10H2,1-3H3,(H,19,20). The lowest BCUT2D eigenvalue weighted by atomic mass is 10.1. The van der Waals surface area contributed by atoms with E-state index in [0.717, 1.165) is 23.1 Å². The van der Waals surface area contributed by atoms with Gasteiger partial charge in [-0.1, -0.05) is 0 Å². The van der Waals surface area contributed by atoms with Crippen molar-refractivity contribution in [2.75, 3.05) is 5.32 Å². The molecule has 1 N–H and O–H groups in total. The summed E-state index contributed by atoms with van der Waals surface area (Å²) < 4.78 is 7.79. The van der Waals surface area contributed by atoms with E-state index in [1.807, 2.05) is 12.1 Å². The molecule has 4 rings (SSSR count). The normalized spacial score (nSPS) is 14.4. The fourth-order valence-electron chi connectivity index (χ4n) is 2.95. The first-order valence-electron chi connectivity index (χ1n) is 8.05. The largest absolute Gasteiger partial charge is 0.467 e. The van der Waals surface area contributed by atoms with E-state index in [-0.39, 0.29) is 0 Å². The van der Waals surface area contributed by atoms with Crippen LogP contribution in [0.4, 0.5) is 5.13 Å². The topological polar surface area (TPSA) is 43.0 Å². The van der Waals surface area contributed by atoms with Crippen molar-refractivity contribution in [1.29, 1.82) is 0 Å². The summed E-state index contributed by atoms with van der Waals surface area (Å²) in [5.41, 5.74) is 4.81. The Hall–Kier alpha value is -2.01. The number of hydrogen-bond donors (Lipinski definition) is 1. The van der Waals surface area contributed by atoms with Crippen molar-refractivity contribution >= 4 is 16.5 Å². The third kappa shape index (κ3) is 2.81. The molecule has 5 heteroatoms. The smallest absolute Gasteiger partial charge is 0.183 e. The van der Waals surface area contributed by atoms with Gasteiger partial charge in [-0.15, -0.1) is 11.3 Å². The first-order valence-corrected chi connectivity index (χ1v) is 8.87. The van der Waals surface area contributed by atoms with Gasteiger partial charge in [0.2, 0.25) is 0 Å². The van der Waals surface area contributed by atoms with Gasteiger partial charge in [-0.2, -0.15) is 0 Å². The van der Waals surface area contributed by atoms with Crippen LogP contribution in [0.2, 0.25) is 0 Å². The van der Waals surface area contributed by atoms with Crippen molar-refractivity contribution in [3.8, 4) is 11.3 Å². The molecule has 0 aliphatic heterocycles. The molecule has 1 aliphatic rings. The summed E-state index contributed by atoms with van der Waals surface area (Å²) in [5.74, 6) is 0.976. The van der Waals surface area contributed by atoms with Crippen LogP contribution in [0.3, 0.4) is 0 Å². The molecular formula is C18H21N3OS. The monoisotopic (exact) mass is 327 g/mol. The van der Waals surface area contributed by atoms with Crippen LogP contribution in [0.15, 0.2) is 28.9 Å². The second-order valence-corrected chi connectivity index (χ2v) is 7.50. The molecule has 0 atom stereocenters. The summed E-state index contributed by atoms with van der Waals surface area (Å²) in [5, 5.41) is 4.56. The van der Waals surface area contributed by atoms with Gasteiger partial charge in [-0.25, -0.2) is 4.98 Å². The van der Waals surface area contributed by atoms with Gasteiger partial charge < -0.3 is 14.3 Å². The van der Waals surface area contributed by atoms with Crippen LogP contribution < -0.4 is 5.32 Å². The Balaban J connectivity index is 1.67. The zero-order chi connectivity index (χ0) is 16.0. The lowest BCUT2D eigenvalue weighted by Gasteiger charge is -2.07. The highest BCUT2D eigenvalue weighted by molar-refractivity contribution is 7.16. The average molecular weight is 327 g/mol. The Kier molecular flexibility index (Phi) is 3.53. The number of hydrogen-bond acceptors (Lipinski definition) is 4. The van der Waals surface area contributed by atoms with Gasteiger partial charge in [-0.05, 0) is 51.8 Å². The summed E-state index contributed by atoms with van der Waals surface area (Å²) in [6, 6.07) is 6.83. The Morgan fingerprint density at radius 2 is 2.17 bits per heavy atom. The zero-order valence-electron chi connectivity index (χ0n) is 13.7. The number of aryl methyl sites for hydroxylation is 2. The molecular weight excluding hydrogens is 306 g/mol. The molecule has 0 amide bonds. The molecule has 1 saturated carbocycles. The van der Waals surface area contributed by atoms with Crippen LogP contribution in [-0.2, 0) is 6.54 Å². The van der Waals surface area contributed by atoms with E-state index in [1.165, 1.54) is 34.7 Å². The number of furan rings is 1. The summed E-state index contributed by atoms with van der Waals surface area (Å²) in [4.78, 5) is 6.11. The minimum absolute atomic E-state index is 0.639. The minimum atomic E-state index is 0.639. The summed E-state index contributed by atoms with van der Waals surface area (Å²) in [6.45, 7) is 7.23. The maximum Gasteiger partial charge on any atom is 0.183 e. The summed E-state index contributed by atoms with van der Waals surface area (Å²) >= 11 is 1.76. The molecule has 1 fully saturated rings. The van der Waals surface area contributed by atoms with Crippen LogP contribution in [-0.4, -0.2) is 15.6 Å². The van der Waals surface area contributed by atoms with Crippen LogP contribution >= 0.6 is 11.3 Å². The molecule has 23 heavy (non-hydrogen) atoms. The second-order valence-electron chi connectivity index (χ2n) is 6.29. The molecule has 0 saturated heterocycles. The number of nitrogens with zero attached hydrogens (tertiary/aromatic N) is 2. The van der Waals surface area contributed by atoms with Crippen LogP contribution in [0.25, 0.3) is 11.3 Å². The fourth-order valence-corrected chi connectivity index (χ4v) is 3.86. The van der Waals surface area contributed by atoms with E-state index in [0.29, 0.717) is 6.04 Å². The van der Waals surface area contributed by atoms with Gasteiger partial charge in [0.25, 0.3) is 0 Å². The number of nitrogens with one attached hydrogen (secondary N) is 1. The third-order valence-corrected chi connectivity index (χ3v) is 5.33. The van der Waals surface area contributed by atoms with E-state index in [9.17, 15) is 0 Å². The Labute approximate surface area is 140 Å². The quantitative estimate of drug-likeness (QED) is 0.735. The average Bonchev–Trinajstić information content (AvgIpc) is 2.92. The third-order valence-electron chi connectivity index (χ3n) is 4.42. The number of aromatic nitrogens is 2. The Bertz CT molecular complexity index is 825. The predicted octanol–water partition coefficient (Wildman–Crippen LogP) is 4.75. The van der Waals surface area contributed by atoms with Crippen molar-refractivity contribution in [3.63, 3.8) is 0 Å². The van der Waals surface area contributed by atoms with Crippen LogP contribution in [0.5, 0.6) is 0 Å². The van der Waals surface area contributed by atoms with Gasteiger partial charge in [0, 0.05) is 27.9 Å². The van der Waals surface area contributed by atoms with E-state index < -0.39 is 0 Å². The highest BCUT2D eigenvalue weighted by Gasteiger charge is 2.23. The number of anilines is 1. The molecule has 3 heterocycles. The van der Waals surface area contributed by atoms with Crippen molar-refractivity contribution in [3.05, 3.63) is 46.5 Å². The molecule has 0 spiro atoms. The number of thiazole rings is 1. The minimum Gasteiger partial charge on any atom is -0.467 e. The highest BCUT2D eigenvalue weighted by atomic mass is 32.1. The number of rotatable bonds is 5. The maximum absolute atomic E-state index is 5.50. The van der Waals surface area contributed by atoms with Crippen molar-refractivity contribution in [2.45, 2.75) is 46.2 Å². The van der Waals surface area contributed by atoms with E-state index in [2.05, 4.69) is 36.7 Å². The Morgan fingerprint density at radius 1 is 1.35 bits per heavy atom. The van der Waals surface area contributed by atoms with Crippen LogP contribution in [0.1, 0.15) is 34.9 Å². The molecule has 4 nitrogen and oxygen atoms in total. The first-order chi connectivity index (χ1) is 11.1. The summed E-state index contributed by atoms with van der Waals surface area (Å²) in [6.07, 6.45) is 4.27. The van der Waals surface area contributed by atoms with Crippen LogP contribution in [0, 0.1) is 20.8 Å². The Morgan fingerprint density at radius 3 is 2.87 bits per heavy atom. The predicted molar refractivity (Wildman–Crippen MR) is 94.2 cm³/mol. The van der Waals surface area contributed by atoms with Gasteiger partial charge in [-0.3, -0.25) is 0 Å². The highest BCUT2D eigenvalue weighted by Crippen LogP contribution is 2.36. The molecule has 0 bridgehead atoms. The van der Waals surface area contributed by atoms with Gasteiger partial charge in [0.1, 0.15) is 5.76 Å². The van der Waals surface area contributed by atoms with Crippen molar-refractivity contribution in [1.82, 2.24) is 9.55 Å². The van der Waals surface area contributed by atoms with E-state index >= 15 is 0 Å². The van der Waals surface area contributed by atoms with Gasteiger partial charge >= 0.3 is 0 Å². The molecule has 3 aromatic heterocycles.